The fourth-order valence-electron chi connectivity index (χ4n) is 2.33. The highest BCUT2D eigenvalue weighted by Gasteiger charge is 2.23. The van der Waals surface area contributed by atoms with Crippen molar-refractivity contribution >= 4 is 47.6 Å². The zero-order valence-electron chi connectivity index (χ0n) is 12.7. The highest BCUT2D eigenvalue weighted by molar-refractivity contribution is 8.00. The van der Waals surface area contributed by atoms with Gasteiger partial charge in [0.1, 0.15) is 0 Å². The van der Waals surface area contributed by atoms with Crippen molar-refractivity contribution in [3.8, 4) is 0 Å². The number of aryl methyl sites for hydroxylation is 1. The molecule has 0 radical (unpaired) electrons. The SMILES string of the molecule is Cc1cc(S)ccc1NC(=O)c1ccc2c(c1)NC(=O)C(C)S2. The Morgan fingerprint density at radius 1 is 1.26 bits per heavy atom. The minimum absolute atomic E-state index is 0.0414. The Labute approximate surface area is 144 Å². The topological polar surface area (TPSA) is 58.2 Å². The monoisotopic (exact) mass is 344 g/mol. The van der Waals surface area contributed by atoms with Crippen molar-refractivity contribution < 1.29 is 9.59 Å². The largest absolute Gasteiger partial charge is 0.324 e. The van der Waals surface area contributed by atoms with Crippen molar-refractivity contribution in [2.45, 2.75) is 28.9 Å². The van der Waals surface area contributed by atoms with Crippen LogP contribution in [0.15, 0.2) is 46.2 Å². The van der Waals surface area contributed by atoms with Crippen LogP contribution in [-0.2, 0) is 4.79 Å². The molecule has 23 heavy (non-hydrogen) atoms. The molecule has 1 atom stereocenters. The van der Waals surface area contributed by atoms with E-state index in [1.54, 1.807) is 12.1 Å². The van der Waals surface area contributed by atoms with E-state index in [9.17, 15) is 9.59 Å². The molecule has 1 aliphatic heterocycles. The number of thioether (sulfide) groups is 1. The van der Waals surface area contributed by atoms with Gasteiger partial charge in [-0.25, -0.2) is 0 Å². The number of carbonyl (C=O) groups excluding carboxylic acids is 2. The van der Waals surface area contributed by atoms with E-state index in [2.05, 4.69) is 23.3 Å². The molecule has 0 spiro atoms. The lowest BCUT2D eigenvalue weighted by atomic mass is 10.1. The summed E-state index contributed by atoms with van der Waals surface area (Å²) in [5, 5.41) is 5.61. The van der Waals surface area contributed by atoms with Crippen LogP contribution in [-0.4, -0.2) is 17.1 Å². The van der Waals surface area contributed by atoms with Gasteiger partial charge >= 0.3 is 0 Å². The summed E-state index contributed by atoms with van der Waals surface area (Å²) >= 11 is 5.77. The maximum atomic E-state index is 12.4. The van der Waals surface area contributed by atoms with Crippen LogP contribution in [0.5, 0.6) is 0 Å². The molecule has 4 nitrogen and oxygen atoms in total. The first-order chi connectivity index (χ1) is 10.9. The van der Waals surface area contributed by atoms with Gasteiger partial charge in [0, 0.05) is 21.0 Å². The first-order valence-corrected chi connectivity index (χ1v) is 8.49. The number of nitrogens with one attached hydrogen (secondary N) is 2. The van der Waals surface area contributed by atoms with Crippen molar-refractivity contribution in [1.29, 1.82) is 0 Å². The molecule has 1 unspecified atom stereocenters. The number of hydrogen-bond acceptors (Lipinski definition) is 4. The molecule has 3 rings (SSSR count). The maximum Gasteiger partial charge on any atom is 0.255 e. The summed E-state index contributed by atoms with van der Waals surface area (Å²) in [6.07, 6.45) is 0. The van der Waals surface area contributed by atoms with Crippen LogP contribution in [0.4, 0.5) is 11.4 Å². The fraction of sp³-hybridized carbons (Fsp3) is 0.176. The molecule has 0 saturated carbocycles. The molecule has 1 heterocycles. The predicted octanol–water partition coefficient (Wildman–Crippen LogP) is 3.97. The van der Waals surface area contributed by atoms with Crippen molar-refractivity contribution in [3.05, 3.63) is 47.5 Å². The molecule has 118 valence electrons. The molecule has 2 aromatic carbocycles. The third-order valence-electron chi connectivity index (χ3n) is 3.63. The Morgan fingerprint density at radius 3 is 2.78 bits per heavy atom. The minimum Gasteiger partial charge on any atom is -0.324 e. The molecule has 6 heteroatoms. The maximum absolute atomic E-state index is 12.4. The summed E-state index contributed by atoms with van der Waals surface area (Å²) < 4.78 is 0. The van der Waals surface area contributed by atoms with E-state index in [1.807, 2.05) is 38.1 Å². The minimum atomic E-state index is -0.208. The molecule has 0 bridgehead atoms. The van der Waals surface area contributed by atoms with Crippen molar-refractivity contribution in [2.24, 2.45) is 0 Å². The second-order valence-corrected chi connectivity index (χ2v) is 7.31. The van der Waals surface area contributed by atoms with Crippen molar-refractivity contribution in [1.82, 2.24) is 0 Å². The summed E-state index contributed by atoms with van der Waals surface area (Å²) in [6.45, 7) is 3.78. The van der Waals surface area contributed by atoms with E-state index in [-0.39, 0.29) is 17.1 Å². The lowest BCUT2D eigenvalue weighted by Gasteiger charge is -2.21. The number of benzene rings is 2. The van der Waals surface area contributed by atoms with E-state index >= 15 is 0 Å². The molecule has 2 N–H and O–H groups in total. The molecule has 1 aliphatic rings. The van der Waals surface area contributed by atoms with Gasteiger partial charge in [0.05, 0.1) is 10.9 Å². The average Bonchev–Trinajstić information content (AvgIpc) is 2.50. The zero-order chi connectivity index (χ0) is 16.6. The Balaban J connectivity index is 1.83. The number of amides is 2. The Hall–Kier alpha value is -1.92. The van der Waals surface area contributed by atoms with Gasteiger partial charge in [-0.3, -0.25) is 9.59 Å². The third kappa shape index (κ3) is 3.38. The quantitative estimate of drug-likeness (QED) is 0.723. The fourth-order valence-corrected chi connectivity index (χ4v) is 3.53. The molecule has 0 aliphatic carbocycles. The Kier molecular flexibility index (Phi) is 4.37. The van der Waals surface area contributed by atoms with E-state index in [0.29, 0.717) is 11.3 Å². The van der Waals surface area contributed by atoms with E-state index in [1.165, 1.54) is 11.8 Å². The second kappa shape index (κ2) is 6.29. The van der Waals surface area contributed by atoms with Crippen LogP contribution in [0, 0.1) is 6.92 Å². The van der Waals surface area contributed by atoms with E-state index in [0.717, 1.165) is 21.0 Å². The van der Waals surface area contributed by atoms with Crippen LogP contribution in [0.3, 0.4) is 0 Å². The van der Waals surface area contributed by atoms with Gasteiger partial charge in [0.15, 0.2) is 0 Å². The smallest absolute Gasteiger partial charge is 0.255 e. The summed E-state index contributed by atoms with van der Waals surface area (Å²) in [6, 6.07) is 10.9. The number of thiol groups is 1. The van der Waals surface area contributed by atoms with Gasteiger partial charge in [0.25, 0.3) is 5.91 Å². The number of fused-ring (bicyclic) bond motifs is 1. The first kappa shape index (κ1) is 16.0. The third-order valence-corrected chi connectivity index (χ3v) is 5.09. The van der Waals surface area contributed by atoms with Crippen molar-refractivity contribution in [2.75, 3.05) is 10.6 Å². The summed E-state index contributed by atoms with van der Waals surface area (Å²) in [7, 11) is 0. The molecular formula is C17H16N2O2S2. The van der Waals surface area contributed by atoms with Crippen LogP contribution in [0.2, 0.25) is 0 Å². The van der Waals surface area contributed by atoms with Crippen LogP contribution in [0.25, 0.3) is 0 Å². The van der Waals surface area contributed by atoms with Gasteiger partial charge in [-0.2, -0.15) is 0 Å². The van der Waals surface area contributed by atoms with Gasteiger partial charge in [-0.15, -0.1) is 24.4 Å². The first-order valence-electron chi connectivity index (χ1n) is 7.16. The van der Waals surface area contributed by atoms with E-state index in [4.69, 9.17) is 0 Å². The highest BCUT2D eigenvalue weighted by Crippen LogP contribution is 2.36. The predicted molar refractivity (Wildman–Crippen MR) is 96.8 cm³/mol. The molecule has 0 fully saturated rings. The summed E-state index contributed by atoms with van der Waals surface area (Å²) in [4.78, 5) is 26.0. The van der Waals surface area contributed by atoms with Gasteiger partial charge in [0.2, 0.25) is 5.91 Å². The summed E-state index contributed by atoms with van der Waals surface area (Å²) in [5.41, 5.74) is 2.89. The molecule has 0 aromatic heterocycles. The van der Waals surface area contributed by atoms with Gasteiger partial charge < -0.3 is 10.6 Å². The number of anilines is 2. The van der Waals surface area contributed by atoms with Crippen LogP contribution >= 0.6 is 24.4 Å². The second-order valence-electron chi connectivity index (χ2n) is 5.41. The molecular weight excluding hydrogens is 328 g/mol. The van der Waals surface area contributed by atoms with Gasteiger partial charge in [-0.1, -0.05) is 0 Å². The lowest BCUT2D eigenvalue weighted by Crippen LogP contribution is -2.26. The number of rotatable bonds is 2. The van der Waals surface area contributed by atoms with Crippen LogP contribution < -0.4 is 10.6 Å². The Morgan fingerprint density at radius 2 is 2.04 bits per heavy atom. The summed E-state index contributed by atoms with van der Waals surface area (Å²) in [5.74, 6) is -0.249. The van der Waals surface area contributed by atoms with Gasteiger partial charge in [-0.05, 0) is 55.8 Å². The average molecular weight is 344 g/mol. The lowest BCUT2D eigenvalue weighted by molar-refractivity contribution is -0.115. The zero-order valence-corrected chi connectivity index (χ0v) is 14.4. The standard InChI is InChI=1S/C17H16N2O2S2/c1-9-7-12(22)4-5-13(9)18-17(21)11-3-6-15-14(8-11)19-16(20)10(2)23-15/h3-8,10,22H,1-2H3,(H,18,21)(H,19,20). The van der Waals surface area contributed by atoms with Crippen LogP contribution in [0.1, 0.15) is 22.8 Å². The highest BCUT2D eigenvalue weighted by atomic mass is 32.2. The molecule has 2 aromatic rings. The number of hydrogen-bond donors (Lipinski definition) is 3. The Bertz CT molecular complexity index is 805. The van der Waals surface area contributed by atoms with E-state index < -0.39 is 0 Å². The molecule has 2 amide bonds. The number of carbonyl (C=O) groups is 2. The van der Waals surface area contributed by atoms with Crippen molar-refractivity contribution in [3.63, 3.8) is 0 Å². The normalized spacial score (nSPS) is 16.5. The molecule has 0 saturated heterocycles.